The number of ether oxygens (including phenoxy) is 1. The lowest BCUT2D eigenvalue weighted by Crippen LogP contribution is -2.37. The molecule has 0 bridgehead atoms. The van der Waals surface area contributed by atoms with Crippen LogP contribution in [0.25, 0.3) is 20.4 Å². The topological polar surface area (TPSA) is 89.2 Å². The van der Waals surface area contributed by atoms with Gasteiger partial charge in [-0.15, -0.1) is 11.3 Å². The number of nitrogens with zero attached hydrogens (tertiary/aromatic N) is 4. The van der Waals surface area contributed by atoms with Gasteiger partial charge in [0.05, 0.1) is 23.4 Å². The van der Waals surface area contributed by atoms with Crippen LogP contribution in [-0.4, -0.2) is 54.3 Å². The predicted octanol–water partition coefficient (Wildman–Crippen LogP) is 2.33. The van der Waals surface area contributed by atoms with Crippen molar-refractivity contribution in [3.63, 3.8) is 0 Å². The summed E-state index contributed by atoms with van der Waals surface area (Å²) in [6.45, 7) is 4.66. The molecule has 1 aliphatic heterocycles. The minimum Gasteiger partial charge on any atom is -0.378 e. The molecule has 0 saturated carbocycles. The van der Waals surface area contributed by atoms with Gasteiger partial charge in [0.15, 0.2) is 0 Å². The summed E-state index contributed by atoms with van der Waals surface area (Å²) in [5.41, 5.74) is 9.56. The Bertz CT molecular complexity index is 981. The Morgan fingerprint density at radius 3 is 2.78 bits per heavy atom. The number of thiophene rings is 1. The normalized spacial score (nSPS) is 17.4. The van der Waals surface area contributed by atoms with E-state index < -0.39 is 0 Å². The van der Waals surface area contributed by atoms with Crippen LogP contribution in [0.5, 0.6) is 0 Å². The van der Waals surface area contributed by atoms with Crippen molar-refractivity contribution in [3.05, 3.63) is 17.5 Å². The zero-order chi connectivity index (χ0) is 18.2. The van der Waals surface area contributed by atoms with Crippen LogP contribution in [0.2, 0.25) is 0 Å². The molecule has 3 N–H and O–H groups in total. The maximum Gasteiger partial charge on any atom is 0.147 e. The first-order valence-electron chi connectivity index (χ1n) is 9.72. The summed E-state index contributed by atoms with van der Waals surface area (Å²) < 4.78 is 6.63. The van der Waals surface area contributed by atoms with Gasteiger partial charge in [0.25, 0.3) is 0 Å². The molecule has 2 aliphatic rings. The second-order valence-corrected chi connectivity index (χ2v) is 8.10. The van der Waals surface area contributed by atoms with Crippen LogP contribution in [0.15, 0.2) is 6.33 Å². The molecule has 4 heterocycles. The van der Waals surface area contributed by atoms with E-state index in [1.54, 1.807) is 17.7 Å². The highest BCUT2D eigenvalue weighted by molar-refractivity contribution is 7.26. The van der Waals surface area contributed by atoms with Crippen molar-refractivity contribution in [2.45, 2.75) is 25.7 Å². The maximum atomic E-state index is 5.66. The quantitative estimate of drug-likeness (QED) is 0.713. The summed E-state index contributed by atoms with van der Waals surface area (Å²) in [5, 5.41) is 4.57. The van der Waals surface area contributed by atoms with E-state index in [1.165, 1.54) is 29.4 Å². The Labute approximate surface area is 161 Å². The lowest BCUT2D eigenvalue weighted by atomic mass is 9.90. The number of morpholine rings is 1. The van der Waals surface area contributed by atoms with Crippen molar-refractivity contribution < 1.29 is 4.74 Å². The molecule has 3 aromatic heterocycles. The number of nitrogens with one attached hydrogen (secondary N) is 1. The van der Waals surface area contributed by atoms with Gasteiger partial charge < -0.3 is 20.7 Å². The van der Waals surface area contributed by atoms with E-state index >= 15 is 0 Å². The SMILES string of the molecule is NCCNc1ncnc2c1sc1nc(N3CCOCC3)c3c(c12)CCCC3. The number of hydrogen-bond donors (Lipinski definition) is 2. The minimum atomic E-state index is 0.575. The van der Waals surface area contributed by atoms with E-state index in [0.29, 0.717) is 13.1 Å². The average molecular weight is 385 g/mol. The minimum absolute atomic E-state index is 0.575. The molecule has 0 radical (unpaired) electrons. The zero-order valence-electron chi connectivity index (χ0n) is 15.3. The molecule has 27 heavy (non-hydrogen) atoms. The van der Waals surface area contributed by atoms with Gasteiger partial charge in [-0.05, 0) is 36.8 Å². The third-order valence-corrected chi connectivity index (χ3v) is 6.53. The number of rotatable bonds is 4. The molecule has 5 rings (SSSR count). The summed E-state index contributed by atoms with van der Waals surface area (Å²) in [6.07, 6.45) is 6.32. The number of pyridine rings is 1. The van der Waals surface area contributed by atoms with Gasteiger partial charge in [-0.25, -0.2) is 15.0 Å². The number of hydrogen-bond acceptors (Lipinski definition) is 8. The summed E-state index contributed by atoms with van der Waals surface area (Å²) >= 11 is 1.69. The van der Waals surface area contributed by atoms with Gasteiger partial charge in [-0.1, -0.05) is 0 Å². The van der Waals surface area contributed by atoms with Crippen molar-refractivity contribution in [3.8, 4) is 0 Å². The highest BCUT2D eigenvalue weighted by atomic mass is 32.1. The van der Waals surface area contributed by atoms with Crippen LogP contribution in [0.4, 0.5) is 11.6 Å². The highest BCUT2D eigenvalue weighted by Gasteiger charge is 2.26. The third kappa shape index (κ3) is 2.92. The molecule has 0 amide bonds. The van der Waals surface area contributed by atoms with Crippen LogP contribution in [-0.2, 0) is 17.6 Å². The van der Waals surface area contributed by atoms with E-state index in [-0.39, 0.29) is 0 Å². The molecule has 8 heteroatoms. The number of nitrogens with two attached hydrogens (primary N) is 1. The average Bonchev–Trinajstić information content (AvgIpc) is 3.11. The Hall–Kier alpha value is -2.03. The number of fused-ring (bicyclic) bond motifs is 5. The lowest BCUT2D eigenvalue weighted by Gasteiger charge is -2.31. The Morgan fingerprint density at radius 1 is 1.15 bits per heavy atom. The molecule has 142 valence electrons. The molecule has 1 aliphatic carbocycles. The Morgan fingerprint density at radius 2 is 1.96 bits per heavy atom. The van der Waals surface area contributed by atoms with Crippen molar-refractivity contribution >= 4 is 43.4 Å². The molecule has 1 saturated heterocycles. The highest BCUT2D eigenvalue weighted by Crippen LogP contribution is 2.42. The van der Waals surface area contributed by atoms with Gasteiger partial charge in [-0.2, -0.15) is 0 Å². The molecule has 1 fully saturated rings. The van der Waals surface area contributed by atoms with Crippen LogP contribution in [0, 0.1) is 0 Å². The fourth-order valence-electron chi connectivity index (χ4n) is 4.19. The molecule has 7 nitrogen and oxygen atoms in total. The second kappa shape index (κ2) is 7.18. The zero-order valence-corrected chi connectivity index (χ0v) is 16.1. The van der Waals surface area contributed by atoms with Gasteiger partial charge >= 0.3 is 0 Å². The Balaban J connectivity index is 1.73. The smallest absolute Gasteiger partial charge is 0.147 e. The molecule has 0 unspecified atom stereocenters. The van der Waals surface area contributed by atoms with E-state index in [2.05, 4.69) is 20.2 Å². The summed E-state index contributed by atoms with van der Waals surface area (Å²) in [6, 6.07) is 0. The Kier molecular flexibility index (Phi) is 4.55. The first-order chi connectivity index (χ1) is 13.4. The van der Waals surface area contributed by atoms with Crippen LogP contribution in [0.3, 0.4) is 0 Å². The molecule has 3 aromatic rings. The summed E-state index contributed by atoms with van der Waals surface area (Å²) in [4.78, 5) is 17.7. The van der Waals surface area contributed by atoms with Crippen molar-refractivity contribution in [2.24, 2.45) is 5.73 Å². The van der Waals surface area contributed by atoms with Crippen LogP contribution in [0.1, 0.15) is 24.0 Å². The number of anilines is 2. The maximum absolute atomic E-state index is 5.66. The van der Waals surface area contributed by atoms with Gasteiger partial charge in [0, 0.05) is 31.6 Å². The molecule has 0 spiro atoms. The fourth-order valence-corrected chi connectivity index (χ4v) is 5.31. The van der Waals surface area contributed by atoms with Gasteiger partial charge in [0.2, 0.25) is 0 Å². The molecular formula is C19H24N6OS. The third-order valence-electron chi connectivity index (χ3n) is 5.45. The predicted molar refractivity (Wildman–Crippen MR) is 110 cm³/mol. The van der Waals surface area contributed by atoms with E-state index in [1.807, 2.05) is 0 Å². The molecule has 0 aromatic carbocycles. The standard InChI is InChI=1S/C19H24N6OS/c20-5-6-21-17-16-15(22-11-23-17)14-12-3-1-2-4-13(12)18(24-19(14)27-16)25-7-9-26-10-8-25/h11H,1-10,20H2,(H,21,22,23). The van der Waals surface area contributed by atoms with E-state index in [9.17, 15) is 0 Å². The second-order valence-electron chi connectivity index (χ2n) is 7.10. The largest absolute Gasteiger partial charge is 0.378 e. The van der Waals surface area contributed by atoms with Gasteiger partial charge in [0.1, 0.15) is 22.8 Å². The van der Waals surface area contributed by atoms with Crippen LogP contribution < -0.4 is 16.0 Å². The monoisotopic (exact) mass is 384 g/mol. The van der Waals surface area contributed by atoms with Crippen molar-refractivity contribution in [1.29, 1.82) is 0 Å². The van der Waals surface area contributed by atoms with E-state index in [4.69, 9.17) is 15.5 Å². The molecule has 0 atom stereocenters. The van der Waals surface area contributed by atoms with Gasteiger partial charge in [-0.3, -0.25) is 0 Å². The van der Waals surface area contributed by atoms with Crippen molar-refractivity contribution in [2.75, 3.05) is 49.6 Å². The number of aryl methyl sites for hydroxylation is 1. The first kappa shape index (κ1) is 17.1. The fraction of sp³-hybridized carbons (Fsp3) is 0.526. The summed E-state index contributed by atoms with van der Waals surface area (Å²) in [5.74, 6) is 2.03. The molecular weight excluding hydrogens is 360 g/mol. The van der Waals surface area contributed by atoms with Crippen molar-refractivity contribution in [1.82, 2.24) is 15.0 Å². The number of aromatic nitrogens is 3. The van der Waals surface area contributed by atoms with Crippen LogP contribution >= 0.6 is 11.3 Å². The van der Waals surface area contributed by atoms with E-state index in [0.717, 1.165) is 65.8 Å². The lowest BCUT2D eigenvalue weighted by molar-refractivity contribution is 0.122. The first-order valence-corrected chi connectivity index (χ1v) is 10.5. The summed E-state index contributed by atoms with van der Waals surface area (Å²) in [7, 11) is 0.